The number of hydrogen-bond donors (Lipinski definition) is 0. The van der Waals surface area contributed by atoms with Crippen molar-refractivity contribution in [1.82, 2.24) is 9.80 Å². The zero-order valence-corrected chi connectivity index (χ0v) is 21.3. The molecule has 0 saturated carbocycles. The summed E-state index contributed by atoms with van der Waals surface area (Å²) in [6.45, 7) is 6.66. The molecule has 186 valence electrons. The van der Waals surface area contributed by atoms with Crippen LogP contribution >= 0.6 is 24.8 Å². The molecule has 2 aliphatic heterocycles. The zero-order chi connectivity index (χ0) is 22.5. The smallest absolute Gasteiger partial charge is 0.318 e. The highest BCUT2D eigenvalue weighted by molar-refractivity contribution is 5.86. The van der Waals surface area contributed by atoms with Gasteiger partial charge in [-0.3, -0.25) is 9.69 Å². The number of ether oxygens (including phenoxy) is 2. The van der Waals surface area contributed by atoms with Crippen LogP contribution in [0.3, 0.4) is 0 Å². The Labute approximate surface area is 219 Å². The summed E-state index contributed by atoms with van der Waals surface area (Å²) in [5.74, 6) is 0.816. The molecule has 5 nitrogen and oxygen atoms in total. The number of rotatable bonds is 7. The van der Waals surface area contributed by atoms with E-state index in [-0.39, 0.29) is 30.8 Å². The molecule has 2 heterocycles. The van der Waals surface area contributed by atoms with Gasteiger partial charge in [0.25, 0.3) is 0 Å². The van der Waals surface area contributed by atoms with Crippen LogP contribution in [-0.2, 0) is 16.1 Å². The number of carbonyl (C=O) groups is 1. The van der Waals surface area contributed by atoms with Gasteiger partial charge in [0, 0.05) is 50.4 Å². The molecule has 2 aliphatic rings. The summed E-state index contributed by atoms with van der Waals surface area (Å²) in [6, 6.07) is 26.1. The number of carbonyl (C=O) groups excluding carboxylic acids is 1. The summed E-state index contributed by atoms with van der Waals surface area (Å²) in [6.07, 6.45) is 0.844. The van der Waals surface area contributed by atoms with Crippen LogP contribution in [0.15, 0.2) is 78.9 Å². The number of piperazine rings is 1. The Hall–Kier alpha value is -2.57. The molecule has 0 amide bonds. The van der Waals surface area contributed by atoms with E-state index in [1.165, 1.54) is 5.56 Å². The lowest BCUT2D eigenvalue weighted by atomic mass is 9.88. The third kappa shape index (κ3) is 6.56. The van der Waals surface area contributed by atoms with Gasteiger partial charge in [-0.25, -0.2) is 0 Å². The summed E-state index contributed by atoms with van der Waals surface area (Å²) in [5.41, 5.74) is 3.11. The fraction of sp³-hybridized carbons (Fsp3) is 0.321. The Kier molecular flexibility index (Phi) is 9.99. The SMILES string of the molecule is Cl.Cl.O=C(OCCCN1CCN(Cc2ccccc2)CC1)C1c2ccccc2Oc2ccccc21. The summed E-state index contributed by atoms with van der Waals surface area (Å²) < 4.78 is 11.7. The lowest BCUT2D eigenvalue weighted by Gasteiger charge is -2.34. The average Bonchev–Trinajstić information content (AvgIpc) is 2.86. The predicted octanol–water partition coefficient (Wildman–Crippen LogP) is 5.52. The van der Waals surface area contributed by atoms with E-state index in [2.05, 4.69) is 40.1 Å². The molecule has 0 N–H and O–H groups in total. The standard InChI is InChI=1S/C28H30N2O3.2ClH/c31-28(27-23-11-4-6-13-25(23)33-26-14-7-5-12-24(26)27)32-20-8-15-29-16-18-30(19-17-29)21-22-9-2-1-3-10-22;;/h1-7,9-14,27H,8,15-21H2;2*1H. The highest BCUT2D eigenvalue weighted by Crippen LogP contribution is 2.44. The van der Waals surface area contributed by atoms with Crippen molar-refractivity contribution in [3.63, 3.8) is 0 Å². The van der Waals surface area contributed by atoms with Crippen LogP contribution in [0.1, 0.15) is 29.0 Å². The predicted molar refractivity (Wildman–Crippen MR) is 143 cm³/mol. The van der Waals surface area contributed by atoms with Gasteiger partial charge in [0.1, 0.15) is 17.4 Å². The van der Waals surface area contributed by atoms with Crippen molar-refractivity contribution in [3.8, 4) is 11.5 Å². The number of para-hydroxylation sites is 2. The van der Waals surface area contributed by atoms with Gasteiger partial charge < -0.3 is 14.4 Å². The molecule has 0 bridgehead atoms. The molecular formula is C28H32Cl2N2O3. The van der Waals surface area contributed by atoms with Crippen molar-refractivity contribution in [3.05, 3.63) is 95.6 Å². The minimum atomic E-state index is -0.437. The molecule has 0 aliphatic carbocycles. The van der Waals surface area contributed by atoms with Crippen molar-refractivity contribution >= 4 is 30.8 Å². The van der Waals surface area contributed by atoms with Crippen LogP contribution in [0.4, 0.5) is 0 Å². The summed E-state index contributed by atoms with van der Waals surface area (Å²) in [7, 11) is 0. The molecule has 1 fully saturated rings. The second kappa shape index (κ2) is 12.9. The van der Waals surface area contributed by atoms with E-state index in [1.807, 2.05) is 48.5 Å². The van der Waals surface area contributed by atoms with Crippen molar-refractivity contribution in [1.29, 1.82) is 0 Å². The molecule has 3 aromatic rings. The first-order chi connectivity index (χ1) is 16.3. The fourth-order valence-corrected chi connectivity index (χ4v) is 4.72. The number of halogens is 2. The maximum absolute atomic E-state index is 13.1. The van der Waals surface area contributed by atoms with Crippen LogP contribution in [-0.4, -0.2) is 55.1 Å². The monoisotopic (exact) mass is 514 g/mol. The molecule has 7 heteroatoms. The minimum Gasteiger partial charge on any atom is -0.465 e. The van der Waals surface area contributed by atoms with Gasteiger partial charge in [0.2, 0.25) is 0 Å². The van der Waals surface area contributed by atoms with Crippen molar-refractivity contribution in [2.24, 2.45) is 0 Å². The van der Waals surface area contributed by atoms with Gasteiger partial charge in [-0.1, -0.05) is 66.7 Å². The first-order valence-corrected chi connectivity index (χ1v) is 11.8. The lowest BCUT2D eigenvalue weighted by Crippen LogP contribution is -2.46. The molecule has 35 heavy (non-hydrogen) atoms. The highest BCUT2D eigenvalue weighted by atomic mass is 35.5. The van der Waals surface area contributed by atoms with Crippen molar-refractivity contribution < 1.29 is 14.3 Å². The van der Waals surface area contributed by atoms with E-state index in [9.17, 15) is 4.79 Å². The van der Waals surface area contributed by atoms with Gasteiger partial charge in [-0.05, 0) is 24.1 Å². The number of hydrogen-bond acceptors (Lipinski definition) is 5. The van der Waals surface area contributed by atoms with E-state index >= 15 is 0 Å². The van der Waals surface area contributed by atoms with Crippen LogP contribution in [0.5, 0.6) is 11.5 Å². The third-order valence-corrected chi connectivity index (χ3v) is 6.49. The van der Waals surface area contributed by atoms with Gasteiger partial charge >= 0.3 is 5.97 Å². The Bertz CT molecular complexity index is 1040. The maximum Gasteiger partial charge on any atom is 0.318 e. The van der Waals surface area contributed by atoms with Crippen molar-refractivity contribution in [2.75, 3.05) is 39.3 Å². The highest BCUT2D eigenvalue weighted by Gasteiger charge is 2.33. The lowest BCUT2D eigenvalue weighted by molar-refractivity contribution is -0.144. The van der Waals surface area contributed by atoms with E-state index in [1.54, 1.807) is 0 Å². The molecule has 5 rings (SSSR count). The summed E-state index contributed by atoms with van der Waals surface area (Å²) in [4.78, 5) is 18.1. The molecule has 0 radical (unpaired) electrons. The van der Waals surface area contributed by atoms with Crippen molar-refractivity contribution in [2.45, 2.75) is 18.9 Å². The quantitative estimate of drug-likeness (QED) is 0.306. The van der Waals surface area contributed by atoms with E-state index in [0.29, 0.717) is 6.61 Å². The fourth-order valence-electron chi connectivity index (χ4n) is 4.72. The Morgan fingerprint density at radius 3 is 1.94 bits per heavy atom. The number of benzene rings is 3. The molecule has 0 unspecified atom stereocenters. The van der Waals surface area contributed by atoms with Gasteiger partial charge in [-0.15, -0.1) is 24.8 Å². The first-order valence-electron chi connectivity index (χ1n) is 11.8. The number of esters is 1. The van der Waals surface area contributed by atoms with Crippen LogP contribution in [0.25, 0.3) is 0 Å². The zero-order valence-electron chi connectivity index (χ0n) is 19.7. The van der Waals surface area contributed by atoms with E-state index in [0.717, 1.165) is 68.3 Å². The summed E-state index contributed by atoms with van der Waals surface area (Å²) in [5, 5.41) is 0. The van der Waals surface area contributed by atoms with Crippen LogP contribution in [0.2, 0.25) is 0 Å². The van der Waals surface area contributed by atoms with Gasteiger partial charge in [0.15, 0.2) is 0 Å². The molecule has 3 aromatic carbocycles. The summed E-state index contributed by atoms with van der Waals surface area (Å²) >= 11 is 0. The Morgan fingerprint density at radius 2 is 1.31 bits per heavy atom. The Morgan fingerprint density at radius 1 is 0.771 bits per heavy atom. The number of fused-ring (bicyclic) bond motifs is 2. The van der Waals surface area contributed by atoms with E-state index in [4.69, 9.17) is 9.47 Å². The van der Waals surface area contributed by atoms with Gasteiger partial charge in [-0.2, -0.15) is 0 Å². The molecular weight excluding hydrogens is 483 g/mol. The molecule has 1 saturated heterocycles. The topological polar surface area (TPSA) is 42.0 Å². The second-order valence-corrected chi connectivity index (χ2v) is 8.74. The molecule has 0 aromatic heterocycles. The Balaban J connectivity index is 0.00000171. The molecule has 0 atom stereocenters. The average molecular weight is 515 g/mol. The second-order valence-electron chi connectivity index (χ2n) is 8.74. The minimum absolute atomic E-state index is 0. The van der Waals surface area contributed by atoms with Crippen LogP contribution < -0.4 is 4.74 Å². The maximum atomic E-state index is 13.1. The molecule has 0 spiro atoms. The van der Waals surface area contributed by atoms with E-state index < -0.39 is 5.92 Å². The van der Waals surface area contributed by atoms with Crippen LogP contribution in [0, 0.1) is 0 Å². The normalized spacial score (nSPS) is 15.5. The third-order valence-electron chi connectivity index (χ3n) is 6.49. The van der Waals surface area contributed by atoms with Gasteiger partial charge in [0.05, 0.1) is 6.61 Å². The first kappa shape index (κ1) is 27.0. The largest absolute Gasteiger partial charge is 0.465 e. The number of nitrogens with zero attached hydrogens (tertiary/aromatic N) is 2.